The summed E-state index contributed by atoms with van der Waals surface area (Å²) in [7, 11) is -3.11. The lowest BCUT2D eigenvalue weighted by Crippen LogP contribution is -2.50. The molecule has 0 aromatic heterocycles. The van der Waals surface area contributed by atoms with Crippen LogP contribution in [0.15, 0.2) is 24.3 Å². The van der Waals surface area contributed by atoms with E-state index in [1.165, 1.54) is 10.6 Å². The van der Waals surface area contributed by atoms with Gasteiger partial charge in [-0.25, -0.2) is 8.42 Å². The van der Waals surface area contributed by atoms with E-state index in [9.17, 15) is 13.5 Å². The van der Waals surface area contributed by atoms with Crippen molar-refractivity contribution in [3.8, 4) is 5.75 Å². The fourth-order valence-corrected chi connectivity index (χ4v) is 3.32. The number of sulfonamides is 1. The molecule has 0 aliphatic carbocycles. The predicted octanol–water partition coefficient (Wildman–Crippen LogP) is 0.312. The van der Waals surface area contributed by atoms with Crippen molar-refractivity contribution in [1.82, 2.24) is 9.21 Å². The van der Waals surface area contributed by atoms with E-state index in [1.807, 2.05) is 31.2 Å². The molecule has 1 atom stereocenters. The maximum atomic E-state index is 11.4. The number of piperazine rings is 1. The number of aliphatic hydroxyl groups is 1. The number of rotatable bonds is 6. The van der Waals surface area contributed by atoms with Crippen molar-refractivity contribution in [2.75, 3.05) is 45.6 Å². The number of ether oxygens (including phenoxy) is 1. The van der Waals surface area contributed by atoms with E-state index in [0.29, 0.717) is 32.7 Å². The lowest BCUT2D eigenvalue weighted by Gasteiger charge is -2.34. The van der Waals surface area contributed by atoms with Gasteiger partial charge in [-0.3, -0.25) is 4.90 Å². The molecule has 1 aromatic carbocycles. The average molecular weight is 328 g/mol. The normalized spacial score (nSPS) is 19.0. The van der Waals surface area contributed by atoms with E-state index in [4.69, 9.17) is 4.74 Å². The number of benzene rings is 1. The highest BCUT2D eigenvalue weighted by Crippen LogP contribution is 2.13. The smallest absolute Gasteiger partial charge is 0.211 e. The van der Waals surface area contributed by atoms with Crippen LogP contribution < -0.4 is 4.74 Å². The summed E-state index contributed by atoms with van der Waals surface area (Å²) in [6.45, 7) is 4.93. The van der Waals surface area contributed by atoms with Crippen LogP contribution in [0.25, 0.3) is 0 Å². The molecule has 1 fully saturated rings. The van der Waals surface area contributed by atoms with Gasteiger partial charge in [-0.2, -0.15) is 4.31 Å². The first-order valence-electron chi connectivity index (χ1n) is 7.39. The Morgan fingerprint density at radius 3 is 2.55 bits per heavy atom. The van der Waals surface area contributed by atoms with Crippen LogP contribution in [-0.4, -0.2) is 74.4 Å². The second-order valence-corrected chi connectivity index (χ2v) is 7.73. The first kappa shape index (κ1) is 17.2. The van der Waals surface area contributed by atoms with Gasteiger partial charge < -0.3 is 9.84 Å². The Morgan fingerprint density at radius 1 is 1.27 bits per heavy atom. The van der Waals surface area contributed by atoms with Gasteiger partial charge >= 0.3 is 0 Å². The topological polar surface area (TPSA) is 70.1 Å². The van der Waals surface area contributed by atoms with Gasteiger partial charge in [0, 0.05) is 32.7 Å². The summed E-state index contributed by atoms with van der Waals surface area (Å²) in [5, 5.41) is 10.1. The molecule has 1 aliphatic rings. The van der Waals surface area contributed by atoms with Gasteiger partial charge in [-0.15, -0.1) is 0 Å². The lowest BCUT2D eigenvalue weighted by molar-refractivity contribution is 0.0569. The van der Waals surface area contributed by atoms with Crippen molar-refractivity contribution in [3.63, 3.8) is 0 Å². The lowest BCUT2D eigenvalue weighted by atomic mass is 10.2. The van der Waals surface area contributed by atoms with Crippen LogP contribution in [-0.2, 0) is 10.0 Å². The Bertz CT molecular complexity index is 583. The Kier molecular flexibility index (Phi) is 5.80. The summed E-state index contributed by atoms with van der Waals surface area (Å²) in [5.41, 5.74) is 1.11. The van der Waals surface area contributed by atoms with Crippen LogP contribution in [0.2, 0.25) is 0 Å². The zero-order valence-corrected chi connectivity index (χ0v) is 13.9. The molecule has 0 amide bonds. The number of aliphatic hydroxyl groups excluding tert-OH is 1. The summed E-state index contributed by atoms with van der Waals surface area (Å²) < 4.78 is 29.9. The molecule has 7 heteroatoms. The van der Waals surface area contributed by atoms with Crippen LogP contribution in [0, 0.1) is 6.92 Å². The molecule has 0 saturated carbocycles. The van der Waals surface area contributed by atoms with E-state index < -0.39 is 16.1 Å². The summed E-state index contributed by atoms with van der Waals surface area (Å²) in [6.07, 6.45) is 0.637. The minimum absolute atomic E-state index is 0.232. The van der Waals surface area contributed by atoms with Crippen LogP contribution in [0.5, 0.6) is 5.75 Å². The van der Waals surface area contributed by atoms with Crippen molar-refractivity contribution in [3.05, 3.63) is 29.8 Å². The van der Waals surface area contributed by atoms with Crippen LogP contribution in [0.3, 0.4) is 0 Å². The van der Waals surface area contributed by atoms with Gasteiger partial charge in [0.05, 0.1) is 6.26 Å². The third-order valence-electron chi connectivity index (χ3n) is 3.70. The third kappa shape index (κ3) is 5.24. The van der Waals surface area contributed by atoms with Gasteiger partial charge in [0.15, 0.2) is 0 Å². The van der Waals surface area contributed by atoms with Gasteiger partial charge in [0.1, 0.15) is 18.5 Å². The second kappa shape index (κ2) is 7.41. The highest BCUT2D eigenvalue weighted by Gasteiger charge is 2.24. The molecule has 0 bridgehead atoms. The molecule has 1 aliphatic heterocycles. The highest BCUT2D eigenvalue weighted by atomic mass is 32.2. The fraction of sp³-hybridized carbons (Fsp3) is 0.600. The van der Waals surface area contributed by atoms with Crippen molar-refractivity contribution in [1.29, 1.82) is 0 Å². The molecular formula is C15H24N2O4S. The average Bonchev–Trinajstić information content (AvgIpc) is 2.45. The van der Waals surface area contributed by atoms with Gasteiger partial charge in [0.2, 0.25) is 10.0 Å². The zero-order chi connectivity index (χ0) is 16.2. The third-order valence-corrected chi connectivity index (χ3v) is 5.00. The number of hydrogen-bond acceptors (Lipinski definition) is 5. The summed E-state index contributed by atoms with van der Waals surface area (Å²) >= 11 is 0. The molecular weight excluding hydrogens is 304 g/mol. The molecule has 2 rings (SSSR count). The SMILES string of the molecule is Cc1cccc(OCC(O)CN2CCN(S(C)(=O)=O)CC2)c1. The highest BCUT2D eigenvalue weighted by molar-refractivity contribution is 7.88. The van der Waals surface area contributed by atoms with Crippen molar-refractivity contribution < 1.29 is 18.3 Å². The van der Waals surface area contributed by atoms with E-state index in [0.717, 1.165) is 11.3 Å². The molecule has 6 nitrogen and oxygen atoms in total. The minimum atomic E-state index is -3.11. The second-order valence-electron chi connectivity index (χ2n) is 5.74. The van der Waals surface area contributed by atoms with Crippen LogP contribution in [0.1, 0.15) is 5.56 Å². The summed E-state index contributed by atoms with van der Waals surface area (Å²) in [6, 6.07) is 7.70. The zero-order valence-electron chi connectivity index (χ0n) is 13.1. The van der Waals surface area contributed by atoms with Crippen molar-refractivity contribution >= 4 is 10.0 Å². The predicted molar refractivity (Wildman–Crippen MR) is 85.5 cm³/mol. The fourth-order valence-electron chi connectivity index (χ4n) is 2.49. The largest absolute Gasteiger partial charge is 0.491 e. The van der Waals surface area contributed by atoms with Gasteiger partial charge in [0.25, 0.3) is 0 Å². The molecule has 1 unspecified atom stereocenters. The summed E-state index contributed by atoms with van der Waals surface area (Å²) in [4.78, 5) is 2.06. The maximum absolute atomic E-state index is 11.4. The maximum Gasteiger partial charge on any atom is 0.211 e. The first-order chi connectivity index (χ1) is 10.3. The van der Waals surface area contributed by atoms with Crippen LogP contribution >= 0.6 is 0 Å². The summed E-state index contributed by atoms with van der Waals surface area (Å²) in [5.74, 6) is 0.751. The Balaban J connectivity index is 1.73. The Hall–Kier alpha value is -1.15. The van der Waals surface area contributed by atoms with Crippen LogP contribution in [0.4, 0.5) is 0 Å². The molecule has 1 aromatic rings. The molecule has 0 radical (unpaired) electrons. The number of aryl methyl sites for hydroxylation is 1. The van der Waals surface area contributed by atoms with E-state index in [1.54, 1.807) is 0 Å². The molecule has 1 heterocycles. The molecule has 1 saturated heterocycles. The number of hydrogen-bond donors (Lipinski definition) is 1. The van der Waals surface area contributed by atoms with Crippen molar-refractivity contribution in [2.24, 2.45) is 0 Å². The molecule has 22 heavy (non-hydrogen) atoms. The monoisotopic (exact) mass is 328 g/mol. The van der Waals surface area contributed by atoms with Crippen molar-refractivity contribution in [2.45, 2.75) is 13.0 Å². The van der Waals surface area contributed by atoms with Gasteiger partial charge in [-0.1, -0.05) is 12.1 Å². The van der Waals surface area contributed by atoms with E-state index in [2.05, 4.69) is 4.90 Å². The minimum Gasteiger partial charge on any atom is -0.491 e. The Labute approximate surface area is 132 Å². The number of nitrogens with zero attached hydrogens (tertiary/aromatic N) is 2. The standard InChI is InChI=1S/C15H24N2O4S/c1-13-4-3-5-15(10-13)21-12-14(18)11-16-6-8-17(9-7-16)22(2,19)20/h3-5,10,14,18H,6-9,11-12H2,1-2H3. The molecule has 0 spiro atoms. The quantitative estimate of drug-likeness (QED) is 0.814. The number of β-amino-alcohol motifs (C(OH)–C–C–N with tert-alkyl or cyclic N) is 1. The Morgan fingerprint density at radius 2 is 1.95 bits per heavy atom. The van der Waals surface area contributed by atoms with E-state index in [-0.39, 0.29) is 6.61 Å². The molecule has 1 N–H and O–H groups in total. The first-order valence-corrected chi connectivity index (χ1v) is 9.24. The molecule has 124 valence electrons. The van der Waals surface area contributed by atoms with Gasteiger partial charge in [-0.05, 0) is 24.6 Å². The van der Waals surface area contributed by atoms with E-state index >= 15 is 0 Å².